The minimum Gasteiger partial charge on any atom is -0.356 e. The molecule has 0 saturated heterocycles. The van der Waals surface area contributed by atoms with Gasteiger partial charge < -0.3 is 15.2 Å². The largest absolute Gasteiger partial charge is 0.356 e. The molecule has 0 atom stereocenters. The summed E-state index contributed by atoms with van der Waals surface area (Å²) in [5, 5.41) is 6.66. The molecule has 0 spiro atoms. The molecule has 0 aliphatic carbocycles. The van der Waals surface area contributed by atoms with Crippen LogP contribution in [0.3, 0.4) is 0 Å². The second kappa shape index (κ2) is 8.98. The van der Waals surface area contributed by atoms with E-state index < -0.39 is 0 Å². The van der Waals surface area contributed by atoms with Crippen LogP contribution in [0.4, 0.5) is 0 Å². The summed E-state index contributed by atoms with van der Waals surface area (Å²) >= 11 is 0. The maximum absolute atomic E-state index is 4.60. The lowest BCUT2D eigenvalue weighted by molar-refractivity contribution is 0.624. The fourth-order valence-electron chi connectivity index (χ4n) is 2.58. The van der Waals surface area contributed by atoms with Crippen LogP contribution >= 0.6 is 0 Å². The zero-order valence-electron chi connectivity index (χ0n) is 14.3. The number of nitrogens with one attached hydrogen (secondary N) is 2. The van der Waals surface area contributed by atoms with Gasteiger partial charge in [0, 0.05) is 26.7 Å². The molecule has 0 amide bonds. The van der Waals surface area contributed by atoms with Gasteiger partial charge in [0.15, 0.2) is 5.96 Å². The Bertz CT molecular complexity index is 669. The number of hydrogen-bond acceptors (Lipinski definition) is 2. The molecule has 0 aliphatic rings. The third-order valence-corrected chi connectivity index (χ3v) is 3.76. The Morgan fingerprint density at radius 3 is 2.83 bits per heavy atom. The second-order valence-electron chi connectivity index (χ2n) is 5.44. The van der Waals surface area contributed by atoms with Crippen molar-refractivity contribution in [3.05, 3.63) is 42.2 Å². The highest BCUT2D eigenvalue weighted by Crippen LogP contribution is 2.15. The quantitative estimate of drug-likeness (QED) is 0.358. The van der Waals surface area contributed by atoms with Crippen molar-refractivity contribution in [3.63, 3.8) is 0 Å². The third kappa shape index (κ3) is 4.84. The molecule has 1 aromatic heterocycles. The molecule has 1 heterocycles. The number of aliphatic imine (C=N–C) groups is 1. The van der Waals surface area contributed by atoms with Gasteiger partial charge in [-0.2, -0.15) is 0 Å². The molecule has 2 rings (SSSR count). The number of hydrogen-bond donors (Lipinski definition) is 2. The van der Waals surface area contributed by atoms with Crippen LogP contribution < -0.4 is 10.6 Å². The molecule has 124 valence electrons. The summed E-state index contributed by atoms with van der Waals surface area (Å²) in [7, 11) is 1.80. The van der Waals surface area contributed by atoms with Crippen molar-refractivity contribution in [1.29, 1.82) is 0 Å². The Morgan fingerprint density at radius 1 is 1.26 bits per heavy atom. The molecule has 0 unspecified atom stereocenters. The van der Waals surface area contributed by atoms with Crippen LogP contribution in [0.1, 0.15) is 25.6 Å². The molecule has 0 bridgehead atoms. The van der Waals surface area contributed by atoms with E-state index in [2.05, 4.69) is 62.5 Å². The summed E-state index contributed by atoms with van der Waals surface area (Å²) in [6.45, 7) is 6.84. The van der Waals surface area contributed by atoms with Gasteiger partial charge in [-0.15, -0.1) is 0 Å². The van der Waals surface area contributed by atoms with Gasteiger partial charge in [0.25, 0.3) is 0 Å². The summed E-state index contributed by atoms with van der Waals surface area (Å²) < 4.78 is 2.28. The van der Waals surface area contributed by atoms with Crippen LogP contribution in [-0.2, 0) is 6.54 Å². The molecule has 2 aromatic rings. The summed E-state index contributed by atoms with van der Waals surface area (Å²) in [6, 6.07) is 8.29. The van der Waals surface area contributed by atoms with Crippen molar-refractivity contribution in [2.45, 2.75) is 33.2 Å². The summed E-state index contributed by atoms with van der Waals surface area (Å²) in [5.41, 5.74) is 2.28. The monoisotopic (exact) mass is 313 g/mol. The normalized spacial score (nSPS) is 12.2. The average molecular weight is 313 g/mol. The average Bonchev–Trinajstić information content (AvgIpc) is 2.89. The fourth-order valence-corrected chi connectivity index (χ4v) is 2.58. The predicted octanol–water partition coefficient (Wildman–Crippen LogP) is 2.87. The summed E-state index contributed by atoms with van der Waals surface area (Å²) in [4.78, 5) is 8.84. The molecule has 2 N–H and O–H groups in total. The maximum Gasteiger partial charge on any atom is 0.190 e. The highest BCUT2D eigenvalue weighted by atomic mass is 15.2. The van der Waals surface area contributed by atoms with Gasteiger partial charge in [-0.1, -0.05) is 24.3 Å². The van der Waals surface area contributed by atoms with E-state index in [1.54, 1.807) is 7.05 Å². The van der Waals surface area contributed by atoms with Gasteiger partial charge in [-0.3, -0.25) is 4.99 Å². The number of aromatic nitrogens is 2. The Hall–Kier alpha value is -2.30. The number of guanidine groups is 1. The first kappa shape index (κ1) is 17.1. The Labute approximate surface area is 138 Å². The van der Waals surface area contributed by atoms with Crippen LogP contribution in [0.15, 0.2) is 41.4 Å². The number of fused-ring (bicyclic) bond motifs is 1. The molecule has 5 nitrogen and oxygen atoms in total. The zero-order chi connectivity index (χ0) is 16.5. The van der Waals surface area contributed by atoms with Gasteiger partial charge in [-0.05, 0) is 38.8 Å². The second-order valence-corrected chi connectivity index (χ2v) is 5.44. The highest BCUT2D eigenvalue weighted by molar-refractivity contribution is 5.79. The molecule has 0 fully saturated rings. The van der Waals surface area contributed by atoms with Gasteiger partial charge in [-0.25, -0.2) is 4.98 Å². The first-order valence-corrected chi connectivity index (χ1v) is 8.23. The number of imidazole rings is 1. The van der Waals surface area contributed by atoms with Gasteiger partial charge in [0.1, 0.15) is 5.82 Å². The van der Waals surface area contributed by atoms with E-state index in [4.69, 9.17) is 0 Å². The lowest BCUT2D eigenvalue weighted by Crippen LogP contribution is -2.38. The van der Waals surface area contributed by atoms with Gasteiger partial charge >= 0.3 is 0 Å². The molecule has 1 aromatic carbocycles. The number of nitrogens with zero attached hydrogens (tertiary/aromatic N) is 3. The van der Waals surface area contributed by atoms with E-state index in [0.29, 0.717) is 0 Å². The van der Waals surface area contributed by atoms with Crippen LogP contribution in [-0.4, -0.2) is 35.6 Å². The third-order valence-electron chi connectivity index (χ3n) is 3.76. The van der Waals surface area contributed by atoms with E-state index in [-0.39, 0.29) is 0 Å². The summed E-state index contributed by atoms with van der Waals surface area (Å²) in [5.74, 6) is 1.93. The lowest BCUT2D eigenvalue weighted by atomic mass is 10.3. The minimum atomic E-state index is 0.863. The predicted molar refractivity (Wildman–Crippen MR) is 97.9 cm³/mol. The van der Waals surface area contributed by atoms with Crippen molar-refractivity contribution in [2.24, 2.45) is 4.99 Å². The van der Waals surface area contributed by atoms with Crippen LogP contribution in [0.25, 0.3) is 11.0 Å². The van der Waals surface area contributed by atoms with Crippen LogP contribution in [0, 0.1) is 6.92 Å². The molecule has 0 aliphatic heterocycles. The number of rotatable bonds is 7. The number of para-hydroxylation sites is 2. The van der Waals surface area contributed by atoms with Crippen LogP contribution in [0.5, 0.6) is 0 Å². The minimum absolute atomic E-state index is 0.863. The SMILES string of the molecule is CC=CCCNC(=NC)NCCCn1c(C)nc2ccccc21. The lowest BCUT2D eigenvalue weighted by Gasteiger charge is -2.12. The number of aryl methyl sites for hydroxylation is 2. The van der Waals surface area contributed by atoms with Crippen LogP contribution in [0.2, 0.25) is 0 Å². The highest BCUT2D eigenvalue weighted by Gasteiger charge is 2.05. The van der Waals surface area contributed by atoms with E-state index >= 15 is 0 Å². The molecule has 0 radical (unpaired) electrons. The Kier molecular flexibility index (Phi) is 6.66. The number of allylic oxidation sites excluding steroid dienone is 1. The first-order valence-electron chi connectivity index (χ1n) is 8.23. The standard InChI is InChI=1S/C18H27N5/c1-4-5-8-12-20-18(19-3)21-13-9-14-23-15(2)22-16-10-6-7-11-17(16)23/h4-7,10-11H,8-9,12-14H2,1-3H3,(H2,19,20,21). The molecular formula is C18H27N5. The Morgan fingerprint density at radius 2 is 2.04 bits per heavy atom. The van der Waals surface area contributed by atoms with E-state index in [9.17, 15) is 0 Å². The van der Waals surface area contributed by atoms with Gasteiger partial charge in [0.05, 0.1) is 11.0 Å². The van der Waals surface area contributed by atoms with Crippen molar-refractivity contribution in [3.8, 4) is 0 Å². The van der Waals surface area contributed by atoms with Crippen molar-refractivity contribution in [1.82, 2.24) is 20.2 Å². The maximum atomic E-state index is 4.60. The topological polar surface area (TPSA) is 54.2 Å². The van der Waals surface area contributed by atoms with Crippen molar-refractivity contribution in [2.75, 3.05) is 20.1 Å². The first-order chi connectivity index (χ1) is 11.3. The fraction of sp³-hybridized carbons (Fsp3) is 0.444. The van der Waals surface area contributed by atoms with E-state index in [0.717, 1.165) is 49.8 Å². The van der Waals surface area contributed by atoms with Gasteiger partial charge in [0.2, 0.25) is 0 Å². The molecule has 5 heteroatoms. The Balaban J connectivity index is 1.79. The van der Waals surface area contributed by atoms with E-state index in [1.165, 1.54) is 5.52 Å². The van der Waals surface area contributed by atoms with Crippen molar-refractivity contribution < 1.29 is 0 Å². The summed E-state index contributed by atoms with van der Waals surface area (Å²) in [6.07, 6.45) is 6.25. The molecule has 0 saturated carbocycles. The van der Waals surface area contributed by atoms with Crippen molar-refractivity contribution >= 4 is 17.0 Å². The van der Waals surface area contributed by atoms with E-state index in [1.807, 2.05) is 13.0 Å². The molecule has 23 heavy (non-hydrogen) atoms. The molecular weight excluding hydrogens is 286 g/mol. The zero-order valence-corrected chi connectivity index (χ0v) is 14.3. The number of benzene rings is 1. The smallest absolute Gasteiger partial charge is 0.190 e.